The van der Waals surface area contributed by atoms with Crippen LogP contribution in [0.4, 0.5) is 13.2 Å². The van der Waals surface area contributed by atoms with Crippen LogP contribution < -0.4 is 0 Å². The lowest BCUT2D eigenvalue weighted by molar-refractivity contribution is 0.616. The molecule has 0 aliphatic heterocycles. The normalized spacial score (nSPS) is 11.1. The van der Waals surface area contributed by atoms with Crippen molar-refractivity contribution in [2.75, 3.05) is 0 Å². The van der Waals surface area contributed by atoms with Gasteiger partial charge in [-0.1, -0.05) is 0 Å². The Morgan fingerprint density at radius 1 is 0.778 bits per heavy atom. The molecule has 0 amide bonds. The Labute approximate surface area is 101 Å². The molecule has 0 fully saturated rings. The summed E-state index contributed by atoms with van der Waals surface area (Å²) in [7, 11) is 0. The number of aromatic nitrogens is 1. The van der Waals surface area contributed by atoms with E-state index in [0.717, 1.165) is 12.1 Å². The predicted octanol–water partition coefficient (Wildman–Crippen LogP) is 4.25. The number of hydrogen-bond donors (Lipinski definition) is 1. The first-order valence-corrected chi connectivity index (χ1v) is 5.38. The fourth-order valence-electron chi connectivity index (χ4n) is 1.94. The first-order valence-electron chi connectivity index (χ1n) is 5.38. The summed E-state index contributed by atoms with van der Waals surface area (Å²) in [6, 6.07) is 9.37. The third kappa shape index (κ3) is 1.66. The molecular formula is C14H8F3N. The third-order valence-electron chi connectivity index (χ3n) is 2.85. The first-order chi connectivity index (χ1) is 8.65. The van der Waals surface area contributed by atoms with Crippen LogP contribution in [0.2, 0.25) is 0 Å². The second kappa shape index (κ2) is 3.91. The van der Waals surface area contributed by atoms with Gasteiger partial charge in [0, 0.05) is 11.1 Å². The molecule has 1 aromatic heterocycles. The maximum Gasteiger partial charge on any atom is 0.147 e. The van der Waals surface area contributed by atoms with E-state index in [4.69, 9.17) is 0 Å². The quantitative estimate of drug-likeness (QED) is 0.661. The van der Waals surface area contributed by atoms with Crippen molar-refractivity contribution in [3.63, 3.8) is 0 Å². The molecule has 0 spiro atoms. The summed E-state index contributed by atoms with van der Waals surface area (Å²) in [5, 5.41) is 0.189. The Bertz CT molecular complexity index is 675. The van der Waals surface area contributed by atoms with Gasteiger partial charge < -0.3 is 4.98 Å². The first kappa shape index (κ1) is 10.9. The molecule has 0 saturated heterocycles. The summed E-state index contributed by atoms with van der Waals surface area (Å²) in [4.78, 5) is 2.80. The standard InChI is InChI=1S/C14H8F3N/c15-9-3-1-8(2-4-9)13-7-10-11(16)5-6-12(17)14(10)18-13/h1-7,18H. The van der Waals surface area contributed by atoms with Crippen LogP contribution in [0.1, 0.15) is 0 Å². The molecule has 0 radical (unpaired) electrons. The third-order valence-corrected chi connectivity index (χ3v) is 2.85. The minimum Gasteiger partial charge on any atom is -0.352 e. The largest absolute Gasteiger partial charge is 0.352 e. The van der Waals surface area contributed by atoms with E-state index < -0.39 is 11.6 Å². The minimum absolute atomic E-state index is 0.120. The zero-order valence-corrected chi connectivity index (χ0v) is 9.18. The smallest absolute Gasteiger partial charge is 0.147 e. The molecule has 1 nitrogen and oxygen atoms in total. The van der Waals surface area contributed by atoms with Gasteiger partial charge in [0.05, 0.1) is 5.52 Å². The summed E-state index contributed by atoms with van der Waals surface area (Å²) >= 11 is 0. The maximum atomic E-state index is 13.5. The van der Waals surface area contributed by atoms with E-state index >= 15 is 0 Å². The Morgan fingerprint density at radius 2 is 1.44 bits per heavy atom. The van der Waals surface area contributed by atoms with Crippen LogP contribution >= 0.6 is 0 Å². The lowest BCUT2D eigenvalue weighted by atomic mass is 10.1. The van der Waals surface area contributed by atoms with Crippen molar-refractivity contribution in [3.8, 4) is 11.3 Å². The van der Waals surface area contributed by atoms with Gasteiger partial charge >= 0.3 is 0 Å². The number of aromatic amines is 1. The molecule has 0 aliphatic carbocycles. The van der Waals surface area contributed by atoms with Crippen LogP contribution in [0.15, 0.2) is 42.5 Å². The molecule has 2 aromatic carbocycles. The molecule has 0 atom stereocenters. The second-order valence-corrected chi connectivity index (χ2v) is 4.01. The van der Waals surface area contributed by atoms with E-state index in [2.05, 4.69) is 4.98 Å². The van der Waals surface area contributed by atoms with Gasteiger partial charge in [0.1, 0.15) is 17.5 Å². The highest BCUT2D eigenvalue weighted by Gasteiger charge is 2.10. The fourth-order valence-corrected chi connectivity index (χ4v) is 1.94. The van der Waals surface area contributed by atoms with Crippen LogP contribution in [-0.2, 0) is 0 Å². The zero-order valence-electron chi connectivity index (χ0n) is 9.18. The molecule has 18 heavy (non-hydrogen) atoms. The Hall–Kier alpha value is -2.23. The number of H-pyrrole nitrogens is 1. The summed E-state index contributed by atoms with van der Waals surface area (Å²) in [6.45, 7) is 0. The van der Waals surface area contributed by atoms with Crippen LogP contribution in [-0.4, -0.2) is 4.98 Å². The predicted molar refractivity (Wildman–Crippen MR) is 63.6 cm³/mol. The molecule has 0 unspecified atom stereocenters. The molecular weight excluding hydrogens is 239 g/mol. The van der Waals surface area contributed by atoms with Crippen molar-refractivity contribution >= 4 is 10.9 Å². The van der Waals surface area contributed by atoms with Crippen LogP contribution in [0.5, 0.6) is 0 Å². The summed E-state index contributed by atoms with van der Waals surface area (Å²) in [5.41, 5.74) is 1.34. The van der Waals surface area contributed by atoms with Crippen molar-refractivity contribution in [2.45, 2.75) is 0 Å². The highest BCUT2D eigenvalue weighted by atomic mass is 19.1. The van der Waals surface area contributed by atoms with E-state index in [9.17, 15) is 13.2 Å². The molecule has 1 N–H and O–H groups in total. The van der Waals surface area contributed by atoms with Crippen LogP contribution in [0.3, 0.4) is 0 Å². The number of fused-ring (bicyclic) bond motifs is 1. The molecule has 4 heteroatoms. The number of hydrogen-bond acceptors (Lipinski definition) is 0. The van der Waals surface area contributed by atoms with E-state index in [1.165, 1.54) is 18.2 Å². The van der Waals surface area contributed by atoms with Gasteiger partial charge in [-0.15, -0.1) is 0 Å². The SMILES string of the molecule is Fc1ccc(-c2cc3c(F)ccc(F)c3[nH]2)cc1. The monoisotopic (exact) mass is 247 g/mol. The van der Waals surface area contributed by atoms with Crippen molar-refractivity contribution in [1.82, 2.24) is 4.98 Å². The number of nitrogens with one attached hydrogen (secondary N) is 1. The molecule has 3 rings (SSSR count). The molecule has 0 saturated carbocycles. The van der Waals surface area contributed by atoms with Gasteiger partial charge in [0.25, 0.3) is 0 Å². The lowest BCUT2D eigenvalue weighted by Gasteiger charge is -1.96. The summed E-state index contributed by atoms with van der Waals surface area (Å²) in [5.74, 6) is -1.36. The number of halogens is 3. The zero-order chi connectivity index (χ0) is 12.7. The van der Waals surface area contributed by atoms with E-state index in [1.54, 1.807) is 12.1 Å². The Morgan fingerprint density at radius 3 is 2.11 bits per heavy atom. The van der Waals surface area contributed by atoms with E-state index in [-0.39, 0.29) is 16.7 Å². The molecule has 3 aromatic rings. The van der Waals surface area contributed by atoms with Crippen LogP contribution in [0.25, 0.3) is 22.2 Å². The van der Waals surface area contributed by atoms with Gasteiger partial charge in [-0.2, -0.15) is 0 Å². The van der Waals surface area contributed by atoms with Gasteiger partial charge in [0.2, 0.25) is 0 Å². The fraction of sp³-hybridized carbons (Fsp3) is 0. The lowest BCUT2D eigenvalue weighted by Crippen LogP contribution is -1.81. The average Bonchev–Trinajstić information content (AvgIpc) is 2.81. The van der Waals surface area contributed by atoms with Crippen molar-refractivity contribution in [3.05, 3.63) is 59.9 Å². The average molecular weight is 247 g/mol. The minimum atomic E-state index is -0.514. The van der Waals surface area contributed by atoms with E-state index in [1.807, 2.05) is 0 Å². The second-order valence-electron chi connectivity index (χ2n) is 4.01. The maximum absolute atomic E-state index is 13.5. The molecule has 0 bridgehead atoms. The van der Waals surface area contributed by atoms with E-state index in [0.29, 0.717) is 11.3 Å². The molecule has 1 heterocycles. The number of benzene rings is 2. The van der Waals surface area contributed by atoms with Crippen LogP contribution in [0, 0.1) is 17.5 Å². The highest BCUT2D eigenvalue weighted by molar-refractivity contribution is 5.86. The van der Waals surface area contributed by atoms with Gasteiger partial charge in [0.15, 0.2) is 0 Å². The van der Waals surface area contributed by atoms with Crippen molar-refractivity contribution < 1.29 is 13.2 Å². The van der Waals surface area contributed by atoms with Crippen molar-refractivity contribution in [1.29, 1.82) is 0 Å². The highest BCUT2D eigenvalue weighted by Crippen LogP contribution is 2.27. The Kier molecular flexibility index (Phi) is 2.37. The molecule has 90 valence electrons. The summed E-state index contributed by atoms with van der Waals surface area (Å²) in [6.07, 6.45) is 0. The molecule has 0 aliphatic rings. The van der Waals surface area contributed by atoms with Gasteiger partial charge in [-0.3, -0.25) is 0 Å². The number of rotatable bonds is 1. The topological polar surface area (TPSA) is 15.8 Å². The van der Waals surface area contributed by atoms with Gasteiger partial charge in [-0.05, 0) is 48.0 Å². The summed E-state index contributed by atoms with van der Waals surface area (Å²) < 4.78 is 39.8. The van der Waals surface area contributed by atoms with Crippen molar-refractivity contribution in [2.24, 2.45) is 0 Å². The Balaban J connectivity index is 2.22. The van der Waals surface area contributed by atoms with Gasteiger partial charge in [-0.25, -0.2) is 13.2 Å².